The highest BCUT2D eigenvalue weighted by Crippen LogP contribution is 2.38. The zero-order valence-corrected chi connectivity index (χ0v) is 18.4. The van der Waals surface area contributed by atoms with Crippen LogP contribution in [0.25, 0.3) is 0 Å². The van der Waals surface area contributed by atoms with E-state index in [1.165, 1.54) is 39.9 Å². The number of rotatable bonds is 6. The number of sulfonamides is 1. The first-order valence-electron chi connectivity index (χ1n) is 10.0. The SMILES string of the molecule is N#Cc1c(NC(=O)COC(=O)c2ccc(S(=O)(=O)N3CCCC3)cc2)sc2c1CCC2. The fourth-order valence-electron chi connectivity index (χ4n) is 3.83. The van der Waals surface area contributed by atoms with E-state index < -0.39 is 28.5 Å². The molecule has 0 atom stereocenters. The van der Waals surface area contributed by atoms with Gasteiger partial charge in [0.15, 0.2) is 6.61 Å². The Kier molecular flexibility index (Phi) is 6.09. The van der Waals surface area contributed by atoms with Gasteiger partial charge in [0, 0.05) is 18.0 Å². The fraction of sp³-hybridized carbons (Fsp3) is 0.381. The lowest BCUT2D eigenvalue weighted by Crippen LogP contribution is -2.27. The van der Waals surface area contributed by atoms with Crippen molar-refractivity contribution in [3.63, 3.8) is 0 Å². The number of ether oxygens (including phenoxy) is 1. The summed E-state index contributed by atoms with van der Waals surface area (Å²) in [5, 5.41) is 12.5. The van der Waals surface area contributed by atoms with Gasteiger partial charge in [0.1, 0.15) is 11.1 Å². The minimum atomic E-state index is -3.56. The van der Waals surface area contributed by atoms with E-state index in [9.17, 15) is 23.3 Å². The van der Waals surface area contributed by atoms with Gasteiger partial charge in [-0.25, -0.2) is 13.2 Å². The van der Waals surface area contributed by atoms with E-state index in [0.717, 1.165) is 42.5 Å². The molecule has 0 unspecified atom stereocenters. The first kappa shape index (κ1) is 21.5. The van der Waals surface area contributed by atoms with Gasteiger partial charge >= 0.3 is 5.97 Å². The highest BCUT2D eigenvalue weighted by molar-refractivity contribution is 7.89. The van der Waals surface area contributed by atoms with Crippen LogP contribution >= 0.6 is 11.3 Å². The molecule has 2 aromatic rings. The van der Waals surface area contributed by atoms with Gasteiger partial charge in [-0.05, 0) is 61.9 Å². The second-order valence-corrected chi connectivity index (χ2v) is 10.5. The van der Waals surface area contributed by atoms with Crippen LogP contribution in [0.4, 0.5) is 5.00 Å². The lowest BCUT2D eigenvalue weighted by Gasteiger charge is -2.15. The summed E-state index contributed by atoms with van der Waals surface area (Å²) in [6.07, 6.45) is 4.44. The first-order valence-corrected chi connectivity index (χ1v) is 12.3. The van der Waals surface area contributed by atoms with Crippen molar-refractivity contribution in [3.05, 3.63) is 45.8 Å². The normalized spacial score (nSPS) is 16.0. The van der Waals surface area contributed by atoms with Crippen molar-refractivity contribution in [2.24, 2.45) is 0 Å². The number of hydrogen-bond acceptors (Lipinski definition) is 7. The molecular weight excluding hydrogens is 438 g/mol. The Labute approximate surface area is 184 Å². The molecule has 31 heavy (non-hydrogen) atoms. The molecule has 4 rings (SSSR count). The average molecular weight is 460 g/mol. The van der Waals surface area contributed by atoms with E-state index in [1.807, 2.05) is 0 Å². The Morgan fingerprint density at radius 2 is 1.84 bits per heavy atom. The predicted octanol–water partition coefficient (Wildman–Crippen LogP) is 2.69. The number of aryl methyl sites for hydroxylation is 1. The molecule has 0 spiro atoms. The van der Waals surface area contributed by atoms with Crippen LogP contribution in [-0.2, 0) is 32.4 Å². The highest BCUT2D eigenvalue weighted by Gasteiger charge is 2.27. The number of amides is 1. The molecule has 1 aliphatic heterocycles. The number of fused-ring (bicyclic) bond motifs is 1. The van der Waals surface area contributed by atoms with Gasteiger partial charge in [-0.15, -0.1) is 11.3 Å². The lowest BCUT2D eigenvalue weighted by molar-refractivity contribution is -0.119. The van der Waals surface area contributed by atoms with Crippen LogP contribution in [0.3, 0.4) is 0 Å². The molecule has 1 aromatic carbocycles. The molecular formula is C21H21N3O5S2. The Morgan fingerprint density at radius 1 is 1.13 bits per heavy atom. The van der Waals surface area contributed by atoms with Crippen LogP contribution in [0.2, 0.25) is 0 Å². The molecule has 0 bridgehead atoms. The minimum Gasteiger partial charge on any atom is -0.452 e. The number of nitriles is 1. The molecule has 1 fully saturated rings. The van der Waals surface area contributed by atoms with E-state index in [4.69, 9.17) is 4.74 Å². The van der Waals surface area contributed by atoms with Gasteiger partial charge in [0.05, 0.1) is 16.0 Å². The number of anilines is 1. The Hall–Kier alpha value is -2.74. The summed E-state index contributed by atoms with van der Waals surface area (Å²) in [5.41, 5.74) is 1.65. The third kappa shape index (κ3) is 4.35. The number of benzene rings is 1. The summed E-state index contributed by atoms with van der Waals surface area (Å²) >= 11 is 1.39. The molecule has 1 aromatic heterocycles. The number of carbonyl (C=O) groups excluding carboxylic acids is 2. The van der Waals surface area contributed by atoms with Crippen molar-refractivity contribution in [2.45, 2.75) is 37.0 Å². The van der Waals surface area contributed by atoms with Crippen molar-refractivity contribution >= 4 is 38.2 Å². The second-order valence-electron chi connectivity index (χ2n) is 7.43. The number of thiophene rings is 1. The van der Waals surface area contributed by atoms with E-state index >= 15 is 0 Å². The largest absolute Gasteiger partial charge is 0.452 e. The molecule has 10 heteroatoms. The van der Waals surface area contributed by atoms with Crippen LogP contribution in [0, 0.1) is 11.3 Å². The van der Waals surface area contributed by atoms with Crippen molar-refractivity contribution in [1.82, 2.24) is 4.31 Å². The summed E-state index contributed by atoms with van der Waals surface area (Å²) in [4.78, 5) is 25.7. The zero-order chi connectivity index (χ0) is 22.0. The number of nitrogens with zero attached hydrogens (tertiary/aromatic N) is 2. The first-order chi connectivity index (χ1) is 14.9. The number of nitrogens with one attached hydrogen (secondary N) is 1. The van der Waals surface area contributed by atoms with Gasteiger partial charge in [-0.2, -0.15) is 9.57 Å². The van der Waals surface area contributed by atoms with Crippen LogP contribution in [0.5, 0.6) is 0 Å². The monoisotopic (exact) mass is 459 g/mol. The van der Waals surface area contributed by atoms with Crippen molar-refractivity contribution in [2.75, 3.05) is 25.0 Å². The number of esters is 1. The summed E-state index contributed by atoms with van der Waals surface area (Å²) in [7, 11) is -3.56. The van der Waals surface area contributed by atoms with Crippen molar-refractivity contribution in [3.8, 4) is 6.07 Å². The van der Waals surface area contributed by atoms with E-state index in [1.54, 1.807) is 0 Å². The van der Waals surface area contributed by atoms with E-state index in [2.05, 4.69) is 11.4 Å². The molecule has 0 saturated carbocycles. The van der Waals surface area contributed by atoms with Crippen LogP contribution in [0.15, 0.2) is 29.2 Å². The topological polar surface area (TPSA) is 117 Å². The smallest absolute Gasteiger partial charge is 0.338 e. The Bertz CT molecular complexity index is 1160. The van der Waals surface area contributed by atoms with Crippen LogP contribution in [-0.4, -0.2) is 44.3 Å². The number of carbonyl (C=O) groups is 2. The quantitative estimate of drug-likeness (QED) is 0.664. The van der Waals surface area contributed by atoms with Crippen molar-refractivity contribution in [1.29, 1.82) is 5.26 Å². The molecule has 1 saturated heterocycles. The molecule has 1 N–H and O–H groups in total. The molecule has 162 valence electrons. The summed E-state index contributed by atoms with van der Waals surface area (Å²) in [6.45, 7) is 0.504. The van der Waals surface area contributed by atoms with E-state index in [-0.39, 0.29) is 10.5 Å². The molecule has 0 radical (unpaired) electrons. The summed E-state index contributed by atoms with van der Waals surface area (Å²) in [5.74, 6) is -1.26. The average Bonchev–Trinajstić information content (AvgIpc) is 3.50. The Morgan fingerprint density at radius 3 is 2.52 bits per heavy atom. The summed E-state index contributed by atoms with van der Waals surface area (Å²) in [6, 6.07) is 7.64. The molecule has 1 amide bonds. The molecule has 8 nitrogen and oxygen atoms in total. The highest BCUT2D eigenvalue weighted by atomic mass is 32.2. The zero-order valence-electron chi connectivity index (χ0n) is 16.7. The van der Waals surface area contributed by atoms with Gasteiger partial charge in [-0.1, -0.05) is 0 Å². The second kappa shape index (κ2) is 8.78. The lowest BCUT2D eigenvalue weighted by atomic mass is 10.1. The van der Waals surface area contributed by atoms with Crippen molar-refractivity contribution < 1.29 is 22.7 Å². The third-order valence-corrected chi connectivity index (χ3v) is 8.53. The number of hydrogen-bond donors (Lipinski definition) is 1. The van der Waals surface area contributed by atoms with Crippen LogP contribution in [0.1, 0.15) is 45.6 Å². The molecule has 1 aliphatic carbocycles. The standard InChI is InChI=1S/C21H21N3O5S2/c22-12-17-16-4-3-5-18(16)30-20(17)23-19(25)13-29-21(26)14-6-8-15(9-7-14)31(27,28)24-10-1-2-11-24/h6-9H,1-5,10-11,13H2,(H,23,25). The fourth-order valence-corrected chi connectivity index (χ4v) is 6.60. The van der Waals surface area contributed by atoms with Gasteiger partial charge in [0.2, 0.25) is 10.0 Å². The predicted molar refractivity (Wildman–Crippen MR) is 114 cm³/mol. The maximum Gasteiger partial charge on any atom is 0.338 e. The van der Waals surface area contributed by atoms with Gasteiger partial charge < -0.3 is 10.1 Å². The maximum atomic E-state index is 12.5. The van der Waals surface area contributed by atoms with Gasteiger partial charge in [-0.3, -0.25) is 4.79 Å². The van der Waals surface area contributed by atoms with E-state index in [0.29, 0.717) is 23.7 Å². The minimum absolute atomic E-state index is 0.124. The Balaban J connectivity index is 1.35. The third-order valence-electron chi connectivity index (χ3n) is 5.41. The summed E-state index contributed by atoms with van der Waals surface area (Å²) < 4.78 is 31.6. The molecule has 2 heterocycles. The molecule has 2 aliphatic rings. The van der Waals surface area contributed by atoms with Crippen LogP contribution < -0.4 is 5.32 Å². The maximum absolute atomic E-state index is 12.5. The van der Waals surface area contributed by atoms with Gasteiger partial charge in [0.25, 0.3) is 5.91 Å².